The number of hydrogen-bond donors (Lipinski definition) is 1. The van der Waals surface area contributed by atoms with Crippen LogP contribution in [0.3, 0.4) is 0 Å². The fourth-order valence-electron chi connectivity index (χ4n) is 2.26. The molecule has 0 aliphatic carbocycles. The maximum Gasteiger partial charge on any atom is 0.263 e. The van der Waals surface area contributed by atoms with E-state index in [4.69, 9.17) is 0 Å². The van der Waals surface area contributed by atoms with Crippen LogP contribution in [0.1, 0.15) is 19.6 Å². The van der Waals surface area contributed by atoms with E-state index < -0.39 is 0 Å². The highest BCUT2D eigenvalue weighted by molar-refractivity contribution is 7.98. The SMILES string of the molecule is Cc1nc(-c2ccccc2)c(C(=O)NCCSCc2cccs2)s1. The third-order valence-corrected chi connectivity index (χ3v) is 6.38. The quantitative estimate of drug-likeness (QED) is 0.602. The lowest BCUT2D eigenvalue weighted by Crippen LogP contribution is -2.25. The Morgan fingerprint density at radius 2 is 2.04 bits per heavy atom. The minimum atomic E-state index is -0.0313. The van der Waals surface area contributed by atoms with Crippen LogP contribution in [0.5, 0.6) is 0 Å². The molecule has 2 aromatic heterocycles. The molecule has 3 nitrogen and oxygen atoms in total. The topological polar surface area (TPSA) is 42.0 Å². The zero-order valence-corrected chi connectivity index (χ0v) is 15.8. The van der Waals surface area contributed by atoms with E-state index in [1.54, 1.807) is 11.3 Å². The number of thiazole rings is 1. The highest BCUT2D eigenvalue weighted by Gasteiger charge is 2.17. The fourth-order valence-corrected chi connectivity index (χ4v) is 4.81. The first-order valence-electron chi connectivity index (χ1n) is 7.65. The fraction of sp³-hybridized carbons (Fsp3) is 0.222. The van der Waals surface area contributed by atoms with Crippen molar-refractivity contribution in [3.63, 3.8) is 0 Å². The van der Waals surface area contributed by atoms with E-state index in [0.29, 0.717) is 11.4 Å². The molecule has 1 amide bonds. The van der Waals surface area contributed by atoms with Gasteiger partial charge in [0.15, 0.2) is 0 Å². The Balaban J connectivity index is 1.55. The molecule has 0 saturated carbocycles. The molecule has 0 spiro atoms. The first-order chi connectivity index (χ1) is 11.7. The van der Waals surface area contributed by atoms with E-state index in [1.807, 2.05) is 49.0 Å². The first kappa shape index (κ1) is 17.2. The van der Waals surface area contributed by atoms with Crippen LogP contribution in [-0.4, -0.2) is 23.2 Å². The van der Waals surface area contributed by atoms with Crippen LogP contribution in [0.15, 0.2) is 47.8 Å². The predicted octanol–water partition coefficient (Wildman–Crippen LogP) is 4.84. The van der Waals surface area contributed by atoms with Gasteiger partial charge in [0.1, 0.15) is 4.88 Å². The number of nitrogens with zero attached hydrogens (tertiary/aromatic N) is 1. The summed E-state index contributed by atoms with van der Waals surface area (Å²) in [7, 11) is 0. The smallest absolute Gasteiger partial charge is 0.263 e. The van der Waals surface area contributed by atoms with E-state index in [9.17, 15) is 4.79 Å². The average Bonchev–Trinajstić information content (AvgIpc) is 3.24. The van der Waals surface area contributed by atoms with Gasteiger partial charge in [-0.2, -0.15) is 11.8 Å². The molecule has 124 valence electrons. The van der Waals surface area contributed by atoms with Crippen molar-refractivity contribution < 1.29 is 4.79 Å². The van der Waals surface area contributed by atoms with Crippen LogP contribution in [0, 0.1) is 6.92 Å². The molecule has 3 rings (SSSR count). The highest BCUT2D eigenvalue weighted by atomic mass is 32.2. The second-order valence-corrected chi connectivity index (χ2v) is 8.51. The van der Waals surface area contributed by atoms with E-state index in [-0.39, 0.29) is 5.91 Å². The van der Waals surface area contributed by atoms with Crippen LogP contribution in [0.25, 0.3) is 11.3 Å². The molecule has 2 heterocycles. The van der Waals surface area contributed by atoms with E-state index in [1.165, 1.54) is 16.2 Å². The number of amides is 1. The molecule has 1 N–H and O–H groups in total. The summed E-state index contributed by atoms with van der Waals surface area (Å²) in [5.41, 5.74) is 1.76. The number of rotatable bonds is 7. The van der Waals surface area contributed by atoms with Gasteiger partial charge >= 0.3 is 0 Å². The number of thioether (sulfide) groups is 1. The summed E-state index contributed by atoms with van der Waals surface area (Å²) >= 11 is 5.06. The highest BCUT2D eigenvalue weighted by Crippen LogP contribution is 2.27. The number of aromatic nitrogens is 1. The molecular weight excluding hydrogens is 356 g/mol. The summed E-state index contributed by atoms with van der Waals surface area (Å²) < 4.78 is 0. The van der Waals surface area contributed by atoms with Gasteiger partial charge in [0, 0.05) is 28.5 Å². The largest absolute Gasteiger partial charge is 0.350 e. The molecule has 0 bridgehead atoms. The van der Waals surface area contributed by atoms with Crippen LogP contribution in [0.2, 0.25) is 0 Å². The maximum atomic E-state index is 12.5. The lowest BCUT2D eigenvalue weighted by Gasteiger charge is -2.05. The lowest BCUT2D eigenvalue weighted by molar-refractivity contribution is 0.0960. The number of aryl methyl sites for hydroxylation is 1. The van der Waals surface area contributed by atoms with E-state index in [2.05, 4.69) is 27.8 Å². The first-order valence-corrected chi connectivity index (χ1v) is 10.5. The van der Waals surface area contributed by atoms with Crippen molar-refractivity contribution in [3.8, 4) is 11.3 Å². The van der Waals surface area contributed by atoms with Crippen molar-refractivity contribution in [2.75, 3.05) is 12.3 Å². The van der Waals surface area contributed by atoms with Crippen molar-refractivity contribution in [2.24, 2.45) is 0 Å². The Hall–Kier alpha value is -1.63. The monoisotopic (exact) mass is 374 g/mol. The summed E-state index contributed by atoms with van der Waals surface area (Å²) in [4.78, 5) is 19.1. The van der Waals surface area contributed by atoms with Gasteiger partial charge in [0.25, 0.3) is 5.91 Å². The maximum absolute atomic E-state index is 12.5. The van der Waals surface area contributed by atoms with Crippen molar-refractivity contribution >= 4 is 40.3 Å². The van der Waals surface area contributed by atoms with Crippen molar-refractivity contribution in [2.45, 2.75) is 12.7 Å². The average molecular weight is 375 g/mol. The standard InChI is InChI=1S/C18H18N2OS3/c1-13-20-16(14-6-3-2-4-7-14)17(24-13)18(21)19-9-11-22-12-15-8-5-10-23-15/h2-8,10H,9,11-12H2,1H3,(H,19,21). The second-order valence-electron chi connectivity index (χ2n) is 5.16. The normalized spacial score (nSPS) is 10.7. The molecule has 0 unspecified atom stereocenters. The summed E-state index contributed by atoms with van der Waals surface area (Å²) in [6.45, 7) is 2.60. The van der Waals surface area contributed by atoms with Gasteiger partial charge in [-0.15, -0.1) is 22.7 Å². The minimum absolute atomic E-state index is 0.0313. The van der Waals surface area contributed by atoms with Gasteiger partial charge in [-0.25, -0.2) is 4.98 Å². The van der Waals surface area contributed by atoms with Gasteiger partial charge in [-0.1, -0.05) is 36.4 Å². The number of hydrogen-bond acceptors (Lipinski definition) is 5. The number of nitrogens with one attached hydrogen (secondary N) is 1. The lowest BCUT2D eigenvalue weighted by atomic mass is 10.1. The number of carbonyl (C=O) groups excluding carboxylic acids is 1. The van der Waals surface area contributed by atoms with E-state index >= 15 is 0 Å². The van der Waals surface area contributed by atoms with Crippen molar-refractivity contribution in [3.05, 3.63) is 62.6 Å². The molecule has 0 fully saturated rings. The molecule has 0 aliphatic heterocycles. The van der Waals surface area contributed by atoms with Crippen LogP contribution in [0.4, 0.5) is 0 Å². The Kier molecular flexibility index (Phi) is 6.07. The number of thiophene rings is 1. The van der Waals surface area contributed by atoms with Gasteiger partial charge in [0.2, 0.25) is 0 Å². The third-order valence-electron chi connectivity index (χ3n) is 3.34. The molecule has 0 aliphatic rings. The van der Waals surface area contributed by atoms with Crippen LogP contribution >= 0.6 is 34.4 Å². The zero-order valence-electron chi connectivity index (χ0n) is 13.3. The van der Waals surface area contributed by atoms with E-state index in [0.717, 1.165) is 27.8 Å². The molecule has 6 heteroatoms. The Morgan fingerprint density at radius 3 is 2.79 bits per heavy atom. The Labute approximate surface area is 154 Å². The third kappa shape index (κ3) is 4.47. The number of benzene rings is 1. The molecular formula is C18H18N2OS3. The Bertz CT molecular complexity index is 782. The minimum Gasteiger partial charge on any atom is -0.350 e. The second kappa shape index (κ2) is 8.46. The number of carbonyl (C=O) groups is 1. The molecule has 0 radical (unpaired) electrons. The van der Waals surface area contributed by atoms with Crippen molar-refractivity contribution in [1.82, 2.24) is 10.3 Å². The molecule has 0 atom stereocenters. The molecule has 24 heavy (non-hydrogen) atoms. The molecule has 3 aromatic rings. The van der Waals surface area contributed by atoms with Crippen LogP contribution in [-0.2, 0) is 5.75 Å². The Morgan fingerprint density at radius 1 is 1.21 bits per heavy atom. The summed E-state index contributed by atoms with van der Waals surface area (Å²) in [6.07, 6.45) is 0. The summed E-state index contributed by atoms with van der Waals surface area (Å²) in [6, 6.07) is 14.1. The summed E-state index contributed by atoms with van der Waals surface area (Å²) in [5, 5.41) is 6.02. The van der Waals surface area contributed by atoms with Crippen molar-refractivity contribution in [1.29, 1.82) is 0 Å². The predicted molar refractivity (Wildman–Crippen MR) is 105 cm³/mol. The zero-order chi connectivity index (χ0) is 16.8. The van der Waals surface area contributed by atoms with Gasteiger partial charge < -0.3 is 5.32 Å². The molecule has 0 saturated heterocycles. The van der Waals surface area contributed by atoms with Gasteiger partial charge in [-0.3, -0.25) is 4.79 Å². The summed E-state index contributed by atoms with van der Waals surface area (Å²) in [5.74, 6) is 1.88. The molecule has 1 aromatic carbocycles. The van der Waals surface area contributed by atoms with Gasteiger partial charge in [0.05, 0.1) is 10.7 Å². The van der Waals surface area contributed by atoms with Crippen LogP contribution < -0.4 is 5.32 Å². The van der Waals surface area contributed by atoms with Gasteiger partial charge in [-0.05, 0) is 18.4 Å².